The predicted molar refractivity (Wildman–Crippen MR) is 62.0 cm³/mol. The fourth-order valence-electron chi connectivity index (χ4n) is 2.03. The minimum absolute atomic E-state index is 0.610. The number of nitrogens with two attached hydrogens (primary N) is 1. The van der Waals surface area contributed by atoms with Gasteiger partial charge in [-0.1, -0.05) is 31.0 Å². The van der Waals surface area contributed by atoms with Crippen molar-refractivity contribution in [3.8, 4) is 0 Å². The van der Waals surface area contributed by atoms with Crippen LogP contribution in [0.25, 0.3) is 0 Å². The largest absolute Gasteiger partial charge is 0.330 e. The second kappa shape index (κ2) is 5.51. The third-order valence-electron chi connectivity index (χ3n) is 2.82. The highest BCUT2D eigenvalue weighted by molar-refractivity contribution is 7.99. The standard InChI is InChI=1S/C10H18N4S/c11-6-7-15-10-12-9(13-14-10)8-4-2-1-3-5-8/h8H,1-7,11H2,(H,12,13,14). The van der Waals surface area contributed by atoms with Gasteiger partial charge in [-0.15, -0.1) is 5.10 Å². The SMILES string of the molecule is NCCSc1n[nH]c(C2CCCCC2)n1. The molecule has 0 saturated heterocycles. The van der Waals surface area contributed by atoms with Crippen molar-refractivity contribution in [1.29, 1.82) is 0 Å². The van der Waals surface area contributed by atoms with E-state index in [1.54, 1.807) is 11.8 Å². The molecule has 84 valence electrons. The topological polar surface area (TPSA) is 67.6 Å². The Morgan fingerprint density at radius 2 is 2.13 bits per heavy atom. The smallest absolute Gasteiger partial charge is 0.208 e. The Morgan fingerprint density at radius 3 is 2.87 bits per heavy atom. The van der Waals surface area contributed by atoms with Crippen LogP contribution in [0.2, 0.25) is 0 Å². The Balaban J connectivity index is 1.93. The second-order valence-corrected chi connectivity index (χ2v) is 5.04. The molecule has 1 saturated carbocycles. The lowest BCUT2D eigenvalue weighted by atomic mass is 9.89. The van der Waals surface area contributed by atoms with E-state index in [9.17, 15) is 0 Å². The summed E-state index contributed by atoms with van der Waals surface area (Å²) >= 11 is 1.63. The molecule has 1 heterocycles. The Hall–Kier alpha value is -0.550. The minimum atomic E-state index is 0.610. The quantitative estimate of drug-likeness (QED) is 0.769. The van der Waals surface area contributed by atoms with Crippen molar-refractivity contribution in [2.75, 3.05) is 12.3 Å². The average Bonchev–Trinajstić information content (AvgIpc) is 2.76. The molecule has 1 aliphatic rings. The maximum Gasteiger partial charge on any atom is 0.208 e. The molecule has 4 nitrogen and oxygen atoms in total. The summed E-state index contributed by atoms with van der Waals surface area (Å²) < 4.78 is 0. The van der Waals surface area contributed by atoms with Crippen molar-refractivity contribution in [3.63, 3.8) is 0 Å². The number of thioether (sulfide) groups is 1. The first-order valence-corrected chi connectivity index (χ1v) is 6.64. The summed E-state index contributed by atoms with van der Waals surface area (Å²) in [5.41, 5.74) is 5.44. The molecule has 1 aliphatic carbocycles. The van der Waals surface area contributed by atoms with Crippen LogP contribution < -0.4 is 5.73 Å². The molecule has 2 rings (SSSR count). The van der Waals surface area contributed by atoms with Crippen LogP contribution in [-0.2, 0) is 0 Å². The van der Waals surface area contributed by atoms with Crippen molar-refractivity contribution in [2.45, 2.75) is 43.2 Å². The van der Waals surface area contributed by atoms with Crippen molar-refractivity contribution in [1.82, 2.24) is 15.2 Å². The van der Waals surface area contributed by atoms with Gasteiger partial charge < -0.3 is 5.73 Å². The van der Waals surface area contributed by atoms with Crippen molar-refractivity contribution in [3.05, 3.63) is 5.82 Å². The summed E-state index contributed by atoms with van der Waals surface area (Å²) in [5, 5.41) is 8.11. The number of nitrogens with one attached hydrogen (secondary N) is 1. The van der Waals surface area contributed by atoms with E-state index in [1.165, 1.54) is 32.1 Å². The number of aromatic nitrogens is 3. The zero-order valence-electron chi connectivity index (χ0n) is 8.91. The highest BCUT2D eigenvalue weighted by Crippen LogP contribution is 2.31. The van der Waals surface area contributed by atoms with E-state index in [4.69, 9.17) is 5.73 Å². The van der Waals surface area contributed by atoms with Gasteiger partial charge in [-0.3, -0.25) is 5.10 Å². The molecular weight excluding hydrogens is 208 g/mol. The van der Waals surface area contributed by atoms with E-state index in [0.717, 1.165) is 16.7 Å². The van der Waals surface area contributed by atoms with E-state index < -0.39 is 0 Å². The van der Waals surface area contributed by atoms with Crippen LogP contribution in [0, 0.1) is 0 Å². The van der Waals surface area contributed by atoms with Crippen LogP contribution in [0.5, 0.6) is 0 Å². The van der Waals surface area contributed by atoms with Crippen LogP contribution in [-0.4, -0.2) is 27.5 Å². The molecule has 0 radical (unpaired) electrons. The molecular formula is C10H18N4S. The van der Waals surface area contributed by atoms with Gasteiger partial charge in [0.25, 0.3) is 0 Å². The van der Waals surface area contributed by atoms with Gasteiger partial charge in [0.2, 0.25) is 5.16 Å². The molecule has 0 amide bonds. The maximum absolute atomic E-state index is 5.44. The van der Waals surface area contributed by atoms with E-state index >= 15 is 0 Å². The lowest BCUT2D eigenvalue weighted by molar-refractivity contribution is 0.429. The van der Waals surface area contributed by atoms with Crippen LogP contribution in [0.1, 0.15) is 43.8 Å². The van der Waals surface area contributed by atoms with Crippen LogP contribution in [0.15, 0.2) is 5.16 Å². The highest BCUT2D eigenvalue weighted by atomic mass is 32.2. The first kappa shape index (κ1) is 11.0. The minimum Gasteiger partial charge on any atom is -0.330 e. The number of nitrogens with zero attached hydrogens (tertiary/aromatic N) is 2. The summed E-state index contributed by atoms with van der Waals surface area (Å²) in [6, 6.07) is 0. The molecule has 15 heavy (non-hydrogen) atoms. The van der Waals surface area contributed by atoms with E-state index in [1.807, 2.05) is 0 Å². The molecule has 0 spiro atoms. The number of hydrogen-bond acceptors (Lipinski definition) is 4. The van der Waals surface area contributed by atoms with E-state index in [0.29, 0.717) is 12.5 Å². The lowest BCUT2D eigenvalue weighted by Gasteiger charge is -2.18. The predicted octanol–water partition coefficient (Wildman–Crippen LogP) is 1.90. The first-order valence-electron chi connectivity index (χ1n) is 5.65. The van der Waals surface area contributed by atoms with Crippen molar-refractivity contribution < 1.29 is 0 Å². The second-order valence-electron chi connectivity index (χ2n) is 3.98. The fourth-order valence-corrected chi connectivity index (χ4v) is 2.61. The molecule has 1 fully saturated rings. The highest BCUT2D eigenvalue weighted by Gasteiger charge is 2.18. The maximum atomic E-state index is 5.44. The van der Waals surface area contributed by atoms with Crippen LogP contribution in [0.4, 0.5) is 0 Å². The first-order chi connectivity index (χ1) is 7.40. The number of rotatable bonds is 4. The molecule has 1 aromatic rings. The van der Waals surface area contributed by atoms with Crippen LogP contribution >= 0.6 is 11.8 Å². The van der Waals surface area contributed by atoms with E-state index in [-0.39, 0.29) is 0 Å². The van der Waals surface area contributed by atoms with Gasteiger partial charge in [-0.2, -0.15) is 0 Å². The Kier molecular flexibility index (Phi) is 4.02. The zero-order valence-corrected chi connectivity index (χ0v) is 9.72. The van der Waals surface area contributed by atoms with Gasteiger partial charge in [-0.25, -0.2) is 4.98 Å². The third-order valence-corrected chi connectivity index (χ3v) is 3.70. The zero-order chi connectivity index (χ0) is 10.5. The van der Waals surface area contributed by atoms with Crippen molar-refractivity contribution in [2.24, 2.45) is 5.73 Å². The van der Waals surface area contributed by atoms with Gasteiger partial charge in [0.1, 0.15) is 5.82 Å². The summed E-state index contributed by atoms with van der Waals surface area (Å²) in [4.78, 5) is 4.51. The summed E-state index contributed by atoms with van der Waals surface area (Å²) in [6.45, 7) is 0.679. The Bertz CT molecular complexity index is 293. The molecule has 0 atom stereocenters. The molecule has 0 aromatic carbocycles. The normalized spacial score (nSPS) is 18.2. The van der Waals surface area contributed by atoms with Gasteiger partial charge in [0, 0.05) is 18.2 Å². The van der Waals surface area contributed by atoms with Crippen LogP contribution in [0.3, 0.4) is 0 Å². The number of H-pyrrole nitrogens is 1. The Labute approximate surface area is 94.4 Å². The summed E-state index contributed by atoms with van der Waals surface area (Å²) in [7, 11) is 0. The monoisotopic (exact) mass is 226 g/mol. The van der Waals surface area contributed by atoms with E-state index in [2.05, 4.69) is 15.2 Å². The van der Waals surface area contributed by atoms with Gasteiger partial charge >= 0.3 is 0 Å². The van der Waals surface area contributed by atoms with Gasteiger partial charge in [-0.05, 0) is 12.8 Å². The molecule has 0 aliphatic heterocycles. The Morgan fingerprint density at radius 1 is 1.33 bits per heavy atom. The summed E-state index contributed by atoms with van der Waals surface area (Å²) in [5.74, 6) is 2.58. The molecule has 3 N–H and O–H groups in total. The average molecular weight is 226 g/mol. The third kappa shape index (κ3) is 2.95. The van der Waals surface area contributed by atoms with Crippen molar-refractivity contribution >= 4 is 11.8 Å². The van der Waals surface area contributed by atoms with Gasteiger partial charge in [0.15, 0.2) is 0 Å². The molecule has 0 bridgehead atoms. The number of aromatic amines is 1. The lowest BCUT2D eigenvalue weighted by Crippen LogP contribution is -2.06. The number of hydrogen-bond donors (Lipinski definition) is 2. The fraction of sp³-hybridized carbons (Fsp3) is 0.800. The molecule has 1 aromatic heterocycles. The molecule has 0 unspecified atom stereocenters. The summed E-state index contributed by atoms with van der Waals surface area (Å²) in [6.07, 6.45) is 6.55. The van der Waals surface area contributed by atoms with Gasteiger partial charge in [0.05, 0.1) is 0 Å². The molecule has 5 heteroatoms.